The Morgan fingerprint density at radius 2 is 1.67 bits per heavy atom. The van der Waals surface area contributed by atoms with Gasteiger partial charge >= 0.3 is 0 Å². The van der Waals surface area contributed by atoms with Gasteiger partial charge in [0.15, 0.2) is 0 Å². The molecule has 2 rings (SSSR count). The van der Waals surface area contributed by atoms with Gasteiger partial charge in [-0.3, -0.25) is 4.90 Å². The van der Waals surface area contributed by atoms with Crippen LogP contribution in [0.3, 0.4) is 0 Å². The van der Waals surface area contributed by atoms with Crippen molar-refractivity contribution >= 4 is 0 Å². The number of piperazine rings is 1. The first kappa shape index (κ1) is 17.3. The van der Waals surface area contributed by atoms with E-state index in [1.54, 1.807) is 0 Å². The molecule has 21 heavy (non-hydrogen) atoms. The lowest BCUT2D eigenvalue weighted by atomic mass is 9.63. The summed E-state index contributed by atoms with van der Waals surface area (Å²) in [5, 5.41) is 3.79. The molecule has 2 atom stereocenters. The molecule has 1 aliphatic heterocycles. The molecule has 0 radical (unpaired) electrons. The first-order valence-corrected chi connectivity index (χ1v) is 9.25. The van der Waals surface area contributed by atoms with Crippen molar-refractivity contribution in [3.8, 4) is 0 Å². The zero-order chi connectivity index (χ0) is 15.7. The normalized spacial score (nSPS) is 34.0. The van der Waals surface area contributed by atoms with Gasteiger partial charge in [-0.1, -0.05) is 48.0 Å². The lowest BCUT2D eigenvalue weighted by Crippen LogP contribution is -2.61. The summed E-state index contributed by atoms with van der Waals surface area (Å²) in [6.07, 6.45) is 8.04. The molecule has 0 bridgehead atoms. The number of hydrogen-bond acceptors (Lipinski definition) is 2. The van der Waals surface area contributed by atoms with Crippen molar-refractivity contribution in [2.75, 3.05) is 13.1 Å². The van der Waals surface area contributed by atoms with Crippen LogP contribution in [0.15, 0.2) is 0 Å². The minimum Gasteiger partial charge on any atom is -0.311 e. The Labute approximate surface area is 133 Å². The Bertz CT molecular complexity index is 318. The minimum atomic E-state index is 0.496. The molecule has 1 saturated carbocycles. The molecule has 0 spiro atoms. The fourth-order valence-corrected chi connectivity index (χ4v) is 5.28. The molecule has 0 aromatic rings. The first-order chi connectivity index (χ1) is 9.76. The maximum absolute atomic E-state index is 3.79. The second-order valence-corrected chi connectivity index (χ2v) is 9.22. The summed E-state index contributed by atoms with van der Waals surface area (Å²) in [5.74, 6) is 0. The topological polar surface area (TPSA) is 15.3 Å². The van der Waals surface area contributed by atoms with Crippen LogP contribution in [0.5, 0.6) is 0 Å². The molecule has 2 unspecified atom stereocenters. The zero-order valence-electron chi connectivity index (χ0n) is 15.3. The van der Waals surface area contributed by atoms with E-state index in [4.69, 9.17) is 0 Å². The van der Waals surface area contributed by atoms with Gasteiger partial charge < -0.3 is 5.32 Å². The molecule has 2 nitrogen and oxygen atoms in total. The molecular weight excluding hydrogens is 256 g/mol. The average molecular weight is 295 g/mol. The van der Waals surface area contributed by atoms with Gasteiger partial charge in [0.25, 0.3) is 0 Å². The summed E-state index contributed by atoms with van der Waals surface area (Å²) in [5.41, 5.74) is 0.992. The Balaban J connectivity index is 2.11. The van der Waals surface area contributed by atoms with Crippen LogP contribution in [0.4, 0.5) is 0 Å². The van der Waals surface area contributed by atoms with Crippen LogP contribution >= 0.6 is 0 Å². The van der Waals surface area contributed by atoms with Crippen LogP contribution in [0.1, 0.15) is 80.1 Å². The van der Waals surface area contributed by atoms with Gasteiger partial charge in [0.2, 0.25) is 0 Å². The van der Waals surface area contributed by atoms with E-state index in [1.165, 1.54) is 51.6 Å². The van der Waals surface area contributed by atoms with E-state index in [0.29, 0.717) is 16.9 Å². The Kier molecular flexibility index (Phi) is 5.41. The van der Waals surface area contributed by atoms with Crippen molar-refractivity contribution in [2.24, 2.45) is 10.8 Å². The van der Waals surface area contributed by atoms with Crippen LogP contribution < -0.4 is 5.32 Å². The van der Waals surface area contributed by atoms with E-state index in [0.717, 1.165) is 12.1 Å². The summed E-state index contributed by atoms with van der Waals surface area (Å²) < 4.78 is 0. The van der Waals surface area contributed by atoms with Crippen molar-refractivity contribution in [1.82, 2.24) is 10.2 Å². The maximum Gasteiger partial charge on any atom is 0.0221 e. The predicted molar refractivity (Wildman–Crippen MR) is 92.7 cm³/mol. The van der Waals surface area contributed by atoms with Crippen molar-refractivity contribution in [2.45, 2.75) is 98.2 Å². The molecule has 1 aliphatic carbocycles. The zero-order valence-corrected chi connectivity index (χ0v) is 15.3. The standard InChI is InChI=1S/C19H38N2/c1-7-9-15-13-21(16(8-2)12-20-15)17-10-18(3,4)14-19(5,6)11-17/h15-17,20H,7-14H2,1-6H3. The molecule has 0 aromatic heterocycles. The van der Waals surface area contributed by atoms with Gasteiger partial charge in [0, 0.05) is 31.2 Å². The maximum atomic E-state index is 3.79. The third-order valence-electron chi connectivity index (χ3n) is 5.65. The highest BCUT2D eigenvalue weighted by molar-refractivity contribution is 4.97. The average Bonchev–Trinajstić information content (AvgIpc) is 2.35. The summed E-state index contributed by atoms with van der Waals surface area (Å²) in [6.45, 7) is 17.0. The molecule has 0 amide bonds. The van der Waals surface area contributed by atoms with E-state index in [2.05, 4.69) is 51.8 Å². The highest BCUT2D eigenvalue weighted by Gasteiger charge is 2.43. The van der Waals surface area contributed by atoms with E-state index in [-0.39, 0.29) is 0 Å². The predicted octanol–water partition coefficient (Wildman–Crippen LogP) is 4.44. The summed E-state index contributed by atoms with van der Waals surface area (Å²) in [6, 6.07) is 2.24. The quantitative estimate of drug-likeness (QED) is 0.824. The van der Waals surface area contributed by atoms with E-state index >= 15 is 0 Å². The van der Waals surface area contributed by atoms with Crippen molar-refractivity contribution < 1.29 is 0 Å². The van der Waals surface area contributed by atoms with Gasteiger partial charge in [0.05, 0.1) is 0 Å². The lowest BCUT2D eigenvalue weighted by molar-refractivity contribution is -0.0141. The van der Waals surface area contributed by atoms with Gasteiger partial charge in [-0.25, -0.2) is 0 Å². The largest absolute Gasteiger partial charge is 0.311 e. The van der Waals surface area contributed by atoms with E-state index in [9.17, 15) is 0 Å². The van der Waals surface area contributed by atoms with E-state index in [1.807, 2.05) is 0 Å². The summed E-state index contributed by atoms with van der Waals surface area (Å²) in [7, 11) is 0. The summed E-state index contributed by atoms with van der Waals surface area (Å²) in [4.78, 5) is 2.89. The van der Waals surface area contributed by atoms with Crippen molar-refractivity contribution in [1.29, 1.82) is 0 Å². The van der Waals surface area contributed by atoms with Crippen LogP contribution in [-0.2, 0) is 0 Å². The Morgan fingerprint density at radius 3 is 2.19 bits per heavy atom. The fraction of sp³-hybridized carbons (Fsp3) is 1.00. The molecule has 124 valence electrons. The van der Waals surface area contributed by atoms with Crippen LogP contribution in [0.25, 0.3) is 0 Å². The number of hydrogen-bond donors (Lipinski definition) is 1. The van der Waals surface area contributed by atoms with Gasteiger partial charge in [0.1, 0.15) is 0 Å². The highest BCUT2D eigenvalue weighted by atomic mass is 15.3. The van der Waals surface area contributed by atoms with E-state index < -0.39 is 0 Å². The highest BCUT2D eigenvalue weighted by Crippen LogP contribution is 2.47. The van der Waals surface area contributed by atoms with Crippen LogP contribution in [0.2, 0.25) is 0 Å². The Morgan fingerprint density at radius 1 is 1.05 bits per heavy atom. The second kappa shape index (κ2) is 6.58. The van der Waals surface area contributed by atoms with Gasteiger partial charge in [-0.2, -0.15) is 0 Å². The molecule has 2 fully saturated rings. The number of nitrogens with zero attached hydrogens (tertiary/aromatic N) is 1. The molecule has 1 heterocycles. The molecule has 1 saturated heterocycles. The lowest BCUT2D eigenvalue weighted by Gasteiger charge is -2.52. The summed E-state index contributed by atoms with van der Waals surface area (Å²) >= 11 is 0. The molecular formula is C19H38N2. The third-order valence-corrected chi connectivity index (χ3v) is 5.65. The number of rotatable bonds is 4. The molecule has 0 aromatic carbocycles. The molecule has 2 heteroatoms. The monoisotopic (exact) mass is 294 g/mol. The molecule has 1 N–H and O–H groups in total. The fourth-order valence-electron chi connectivity index (χ4n) is 5.28. The first-order valence-electron chi connectivity index (χ1n) is 9.25. The Hall–Kier alpha value is -0.0800. The van der Waals surface area contributed by atoms with Crippen LogP contribution in [-0.4, -0.2) is 36.1 Å². The second-order valence-electron chi connectivity index (χ2n) is 9.22. The van der Waals surface area contributed by atoms with Crippen molar-refractivity contribution in [3.63, 3.8) is 0 Å². The smallest absolute Gasteiger partial charge is 0.0221 e. The van der Waals surface area contributed by atoms with Crippen LogP contribution in [0, 0.1) is 10.8 Å². The SMILES string of the molecule is CCCC1CN(C2CC(C)(C)CC(C)(C)C2)C(CC)CN1. The van der Waals surface area contributed by atoms with Gasteiger partial charge in [-0.05, 0) is 42.9 Å². The number of nitrogens with one attached hydrogen (secondary N) is 1. The molecule has 2 aliphatic rings. The minimum absolute atomic E-state index is 0.496. The van der Waals surface area contributed by atoms with Gasteiger partial charge in [-0.15, -0.1) is 0 Å². The third kappa shape index (κ3) is 4.45. The van der Waals surface area contributed by atoms with Crippen molar-refractivity contribution in [3.05, 3.63) is 0 Å².